The molecule has 0 saturated heterocycles. The Kier molecular flexibility index (Phi) is 7.22. The number of likely N-dealkylation sites (N-methyl/N-ethyl adjacent to an activating group) is 1. The van der Waals surface area contributed by atoms with Gasteiger partial charge in [0, 0.05) is 17.1 Å². The molecule has 0 bridgehead atoms. The van der Waals surface area contributed by atoms with Gasteiger partial charge in [-0.15, -0.1) is 0 Å². The largest absolute Gasteiger partial charge is 0.350 e. The van der Waals surface area contributed by atoms with E-state index >= 15 is 0 Å². The van der Waals surface area contributed by atoms with Crippen molar-refractivity contribution < 1.29 is 9.59 Å². The van der Waals surface area contributed by atoms with Crippen molar-refractivity contribution in [1.29, 1.82) is 0 Å². The molecule has 0 fully saturated rings. The SMILES string of the molecule is CN(C)C(CNC(=O)c1ccccc1NC(=O)c1ccccc1)c1ccccc1Cl. The maximum absolute atomic E-state index is 12.9. The van der Waals surface area contributed by atoms with Crippen molar-refractivity contribution in [3.05, 3.63) is 101 Å². The van der Waals surface area contributed by atoms with Crippen molar-refractivity contribution in [2.24, 2.45) is 0 Å². The first-order valence-electron chi connectivity index (χ1n) is 9.62. The van der Waals surface area contributed by atoms with Crippen molar-refractivity contribution in [3.8, 4) is 0 Å². The normalized spacial score (nSPS) is 11.7. The van der Waals surface area contributed by atoms with Gasteiger partial charge in [0.25, 0.3) is 11.8 Å². The number of para-hydroxylation sites is 1. The number of amides is 2. The van der Waals surface area contributed by atoms with Gasteiger partial charge in [-0.3, -0.25) is 9.59 Å². The number of benzene rings is 3. The summed E-state index contributed by atoms with van der Waals surface area (Å²) in [5.74, 6) is -0.532. The molecule has 0 aliphatic rings. The van der Waals surface area contributed by atoms with Crippen molar-refractivity contribution in [2.75, 3.05) is 26.0 Å². The van der Waals surface area contributed by atoms with E-state index in [4.69, 9.17) is 11.6 Å². The molecule has 0 spiro atoms. The average Bonchev–Trinajstić information content (AvgIpc) is 2.75. The van der Waals surface area contributed by atoms with Crippen LogP contribution < -0.4 is 10.6 Å². The van der Waals surface area contributed by atoms with Crippen LogP contribution >= 0.6 is 11.6 Å². The molecule has 2 N–H and O–H groups in total. The number of carbonyl (C=O) groups excluding carboxylic acids is 2. The van der Waals surface area contributed by atoms with Gasteiger partial charge in [-0.05, 0) is 50.0 Å². The topological polar surface area (TPSA) is 61.4 Å². The smallest absolute Gasteiger partial charge is 0.255 e. The van der Waals surface area contributed by atoms with Crippen LogP contribution in [0.25, 0.3) is 0 Å². The summed E-state index contributed by atoms with van der Waals surface area (Å²) in [4.78, 5) is 27.4. The second-order valence-electron chi connectivity index (χ2n) is 7.08. The maximum Gasteiger partial charge on any atom is 0.255 e. The highest BCUT2D eigenvalue weighted by Gasteiger charge is 2.20. The monoisotopic (exact) mass is 421 g/mol. The second-order valence-corrected chi connectivity index (χ2v) is 7.48. The molecule has 0 saturated carbocycles. The first kappa shape index (κ1) is 21.6. The number of carbonyl (C=O) groups is 2. The van der Waals surface area contributed by atoms with Gasteiger partial charge < -0.3 is 15.5 Å². The molecule has 2 amide bonds. The first-order chi connectivity index (χ1) is 14.5. The van der Waals surface area contributed by atoms with E-state index in [9.17, 15) is 9.59 Å². The zero-order chi connectivity index (χ0) is 21.5. The van der Waals surface area contributed by atoms with Gasteiger partial charge in [-0.2, -0.15) is 0 Å². The molecule has 0 heterocycles. The molecule has 3 rings (SSSR count). The fourth-order valence-electron chi connectivity index (χ4n) is 3.17. The molecule has 154 valence electrons. The molecule has 3 aromatic rings. The zero-order valence-corrected chi connectivity index (χ0v) is 17.7. The second kappa shape index (κ2) is 10.1. The fraction of sp³-hybridized carbons (Fsp3) is 0.167. The molecule has 0 aliphatic heterocycles. The van der Waals surface area contributed by atoms with Crippen LogP contribution in [0.3, 0.4) is 0 Å². The lowest BCUT2D eigenvalue weighted by Crippen LogP contribution is -2.35. The minimum atomic E-state index is -0.266. The summed E-state index contributed by atoms with van der Waals surface area (Å²) in [6.45, 7) is 0.372. The van der Waals surface area contributed by atoms with Crippen molar-refractivity contribution in [1.82, 2.24) is 10.2 Å². The summed E-state index contributed by atoms with van der Waals surface area (Å²) in [5, 5.41) is 6.45. The van der Waals surface area contributed by atoms with E-state index in [1.165, 1.54) is 0 Å². The van der Waals surface area contributed by atoms with E-state index in [-0.39, 0.29) is 17.9 Å². The van der Waals surface area contributed by atoms with Crippen LogP contribution in [0.1, 0.15) is 32.3 Å². The van der Waals surface area contributed by atoms with Gasteiger partial charge in [-0.1, -0.05) is 60.1 Å². The Morgan fingerprint density at radius 1 is 0.867 bits per heavy atom. The molecular formula is C24H24ClN3O2. The molecule has 6 heteroatoms. The third-order valence-corrected chi connectivity index (χ3v) is 5.14. The third-order valence-electron chi connectivity index (χ3n) is 4.80. The highest BCUT2D eigenvalue weighted by molar-refractivity contribution is 6.31. The highest BCUT2D eigenvalue weighted by atomic mass is 35.5. The number of hydrogen-bond acceptors (Lipinski definition) is 3. The van der Waals surface area contributed by atoms with Crippen LogP contribution in [0.4, 0.5) is 5.69 Å². The predicted octanol–water partition coefficient (Wildman–Crippen LogP) is 4.63. The summed E-state index contributed by atoms with van der Waals surface area (Å²) in [6.07, 6.45) is 0. The lowest BCUT2D eigenvalue weighted by molar-refractivity contribution is 0.0943. The molecule has 0 radical (unpaired) electrons. The summed E-state index contributed by atoms with van der Waals surface area (Å²) in [7, 11) is 3.88. The number of nitrogens with zero attached hydrogens (tertiary/aromatic N) is 1. The lowest BCUT2D eigenvalue weighted by Gasteiger charge is -2.26. The van der Waals surface area contributed by atoms with E-state index in [1.807, 2.05) is 49.3 Å². The summed E-state index contributed by atoms with van der Waals surface area (Å²) < 4.78 is 0. The Balaban J connectivity index is 1.74. The Morgan fingerprint density at radius 2 is 1.50 bits per heavy atom. The zero-order valence-electron chi connectivity index (χ0n) is 16.9. The Labute approximate surface area is 181 Å². The summed E-state index contributed by atoms with van der Waals surface area (Å²) in [6, 6.07) is 23.3. The molecular weight excluding hydrogens is 398 g/mol. The van der Waals surface area contributed by atoms with Crippen molar-refractivity contribution in [2.45, 2.75) is 6.04 Å². The standard InChI is InChI=1S/C24H24ClN3O2/c1-28(2)22(18-12-6-8-14-20(18)25)16-26-24(30)19-13-7-9-15-21(19)27-23(29)17-10-4-3-5-11-17/h3-15,22H,16H2,1-2H3,(H,26,30)(H,27,29). The minimum Gasteiger partial charge on any atom is -0.350 e. The number of hydrogen-bond donors (Lipinski definition) is 2. The van der Waals surface area contributed by atoms with Gasteiger partial charge in [0.2, 0.25) is 0 Å². The lowest BCUT2D eigenvalue weighted by atomic mass is 10.1. The Hall–Kier alpha value is -3.15. The van der Waals surface area contributed by atoms with E-state index < -0.39 is 0 Å². The predicted molar refractivity (Wildman–Crippen MR) is 121 cm³/mol. The number of nitrogens with one attached hydrogen (secondary N) is 2. The van der Waals surface area contributed by atoms with Gasteiger partial charge >= 0.3 is 0 Å². The van der Waals surface area contributed by atoms with Crippen LogP contribution in [-0.4, -0.2) is 37.4 Å². The van der Waals surface area contributed by atoms with Crippen LogP contribution in [0.5, 0.6) is 0 Å². The number of rotatable bonds is 7. The van der Waals surface area contributed by atoms with Gasteiger partial charge in [0.05, 0.1) is 17.3 Å². The first-order valence-corrected chi connectivity index (χ1v) is 9.99. The molecule has 3 aromatic carbocycles. The van der Waals surface area contributed by atoms with Crippen LogP contribution in [0.2, 0.25) is 5.02 Å². The van der Waals surface area contributed by atoms with E-state index in [0.717, 1.165) is 5.56 Å². The van der Waals surface area contributed by atoms with Crippen molar-refractivity contribution in [3.63, 3.8) is 0 Å². The number of halogens is 1. The Morgan fingerprint density at radius 3 is 2.20 bits per heavy atom. The van der Waals surface area contributed by atoms with E-state index in [2.05, 4.69) is 10.6 Å². The Bertz CT molecular complexity index is 1020. The third kappa shape index (κ3) is 5.26. The molecule has 5 nitrogen and oxygen atoms in total. The fourth-order valence-corrected chi connectivity index (χ4v) is 3.44. The minimum absolute atomic E-state index is 0.0891. The molecule has 0 aromatic heterocycles. The van der Waals surface area contributed by atoms with Crippen LogP contribution in [-0.2, 0) is 0 Å². The van der Waals surface area contributed by atoms with Crippen LogP contribution in [0, 0.1) is 0 Å². The van der Waals surface area contributed by atoms with Gasteiger partial charge in [0.1, 0.15) is 0 Å². The highest BCUT2D eigenvalue weighted by Crippen LogP contribution is 2.25. The van der Waals surface area contributed by atoms with E-state index in [0.29, 0.717) is 28.4 Å². The molecule has 1 unspecified atom stereocenters. The van der Waals surface area contributed by atoms with Gasteiger partial charge in [0.15, 0.2) is 0 Å². The van der Waals surface area contributed by atoms with E-state index in [1.54, 1.807) is 48.5 Å². The van der Waals surface area contributed by atoms with Crippen LogP contribution in [0.15, 0.2) is 78.9 Å². The number of anilines is 1. The molecule has 30 heavy (non-hydrogen) atoms. The van der Waals surface area contributed by atoms with Gasteiger partial charge in [-0.25, -0.2) is 0 Å². The maximum atomic E-state index is 12.9. The quantitative estimate of drug-likeness (QED) is 0.585. The molecule has 0 aliphatic carbocycles. The average molecular weight is 422 g/mol. The van der Waals surface area contributed by atoms with Crippen molar-refractivity contribution >= 4 is 29.1 Å². The summed E-state index contributed by atoms with van der Waals surface area (Å²) >= 11 is 6.35. The molecule has 1 atom stereocenters. The summed E-state index contributed by atoms with van der Waals surface area (Å²) in [5.41, 5.74) is 2.33.